The van der Waals surface area contributed by atoms with Crippen molar-refractivity contribution < 1.29 is 101 Å². The minimum Gasteiger partial charge on any atom is -0.493 e. The summed E-state index contributed by atoms with van der Waals surface area (Å²) in [6.45, 7) is 22.7. The first-order chi connectivity index (χ1) is 60.1. The summed E-state index contributed by atoms with van der Waals surface area (Å²) < 4.78 is 58.5. The molecular formula is C87H99N11O23S4. The molecule has 8 aliphatic heterocycles. The molecule has 125 heavy (non-hydrogen) atoms. The van der Waals surface area contributed by atoms with E-state index >= 15 is 0 Å². The Labute approximate surface area is 737 Å². The van der Waals surface area contributed by atoms with Crippen LogP contribution >= 0.6 is 43.2 Å². The number of carbonyl (C=O) groups is 6. The highest BCUT2D eigenvalue weighted by atomic mass is 33.1. The summed E-state index contributed by atoms with van der Waals surface area (Å²) in [5.41, 5.74) is 5.93. The van der Waals surface area contributed by atoms with Gasteiger partial charge in [-0.05, 0) is 147 Å². The number of hydrogen-bond acceptors (Lipinski definition) is 30. The summed E-state index contributed by atoms with van der Waals surface area (Å²) in [6, 6.07) is 17.0. The van der Waals surface area contributed by atoms with Gasteiger partial charge >= 0.3 is 12.2 Å². The number of pyridine rings is 2. The summed E-state index contributed by atoms with van der Waals surface area (Å²) in [6.07, 6.45) is 6.03. The van der Waals surface area contributed by atoms with Gasteiger partial charge in [-0.15, -0.1) is 0 Å². The van der Waals surface area contributed by atoms with Crippen molar-refractivity contribution in [2.75, 3.05) is 104 Å². The molecule has 38 heteroatoms. The number of unbranched alkanes of at least 4 members (excludes halogenated alkanes) is 4. The number of aliphatic hydroxyl groups is 3. The van der Waals surface area contributed by atoms with Crippen LogP contribution in [0, 0.1) is 20.2 Å². The first-order valence-electron chi connectivity index (χ1n) is 40.8. The smallest absolute Gasteiger partial charge is 0.416 e. The van der Waals surface area contributed by atoms with Gasteiger partial charge in [-0.3, -0.25) is 44.4 Å². The molecular weight excluding hydrogens is 1700 g/mol. The normalized spacial score (nSPS) is 20.2. The van der Waals surface area contributed by atoms with Gasteiger partial charge in [-0.1, -0.05) is 84.0 Å². The maximum absolute atomic E-state index is 14.0. The summed E-state index contributed by atoms with van der Waals surface area (Å²) in [5.74, 6) is 1.91. The van der Waals surface area contributed by atoms with Crippen LogP contribution in [0.3, 0.4) is 0 Å². The quantitative estimate of drug-likeness (QED) is 0.0111. The van der Waals surface area contributed by atoms with E-state index in [1.54, 1.807) is 52.4 Å². The molecule has 9 atom stereocenters. The zero-order valence-corrected chi connectivity index (χ0v) is 73.3. The Balaban J connectivity index is 0.000000215. The molecule has 4 saturated heterocycles. The van der Waals surface area contributed by atoms with Crippen LogP contribution in [0.4, 0.5) is 38.0 Å². The molecule has 0 spiro atoms. The summed E-state index contributed by atoms with van der Waals surface area (Å²) in [5, 5.41) is 57.5. The summed E-state index contributed by atoms with van der Waals surface area (Å²) in [4.78, 5) is 125. The zero-order valence-electron chi connectivity index (χ0n) is 70.0. The Hall–Kier alpha value is -11.3. The van der Waals surface area contributed by atoms with Gasteiger partial charge in [0.2, 0.25) is 0 Å². The molecule has 6 aromatic rings. The Bertz CT molecular complexity index is 5160. The molecule has 0 aliphatic carbocycles. The number of aliphatic imine (C=N–C) groups is 1. The fourth-order valence-electron chi connectivity index (χ4n) is 15.8. The minimum absolute atomic E-state index is 0.00464. The molecule has 8 aliphatic rings. The fourth-order valence-corrected chi connectivity index (χ4v) is 19.9. The number of amides is 6. The number of aromatic nitrogens is 2. The number of nitrogens with zero attached hydrogens (tertiary/aromatic N) is 11. The number of nitro groups is 2. The van der Waals surface area contributed by atoms with E-state index in [1.165, 1.54) is 130 Å². The molecule has 664 valence electrons. The average Bonchev–Trinajstić information content (AvgIpc) is 1.61. The second-order valence-electron chi connectivity index (χ2n) is 31.2. The second-order valence-corrected chi connectivity index (χ2v) is 36.5. The standard InChI is InChI=1S/C44H51N5O12S2.C43H48N6O11S2/c1-25-15-33-35(50)17-28-18-38(36(57-4)19-30(28)41(51)46(33)23-25)59-12-7-6-8-13-60-39-21-32-31(20-37(39)58-5)42(52)47-24-26(2)16-34(47)43(53)48(32)44(54)61-14-11-27(3)62-63-40-10-9-29(22-45-40)49(55)56;1-25-15-29-22-44-32-19-37(35(56-4)17-30(32)40(50)46(29)23-25)58-12-7-6-8-13-59-38-20-33-31(18-36(38)57-5)41(51)47-24-26(2)16-34(47)42(52)48(33)43(53)60-14-11-27(3)61-62-39-10-9-28(21-45-39)49(54)55/h9-10,18-22,27,33-35,43,50,53H,1-2,6-8,11-17,23-24H2,3-5H3;9-10,17-22,27,29,34,42,52H,1-2,6-8,11-16,23-24H2,3-5H3/t27-,33+,34+,35-,43+;27-,29+,34+,42+/m11/s1. The Morgan fingerprint density at radius 1 is 0.472 bits per heavy atom. The summed E-state index contributed by atoms with van der Waals surface area (Å²) in [7, 11) is 11.6. The van der Waals surface area contributed by atoms with Gasteiger partial charge in [-0.25, -0.2) is 29.4 Å². The highest BCUT2D eigenvalue weighted by Crippen LogP contribution is 2.47. The zero-order chi connectivity index (χ0) is 89.0. The maximum atomic E-state index is 14.0. The van der Waals surface area contributed by atoms with Crippen LogP contribution in [0.2, 0.25) is 0 Å². The Morgan fingerprint density at radius 3 is 1.27 bits per heavy atom. The number of methoxy groups -OCH3 is 4. The minimum atomic E-state index is -1.44. The van der Waals surface area contributed by atoms with E-state index in [1.807, 2.05) is 13.8 Å². The first-order valence-corrected chi connectivity index (χ1v) is 45.2. The van der Waals surface area contributed by atoms with Gasteiger partial charge < -0.3 is 82.3 Å². The van der Waals surface area contributed by atoms with E-state index in [4.69, 9.17) is 47.4 Å². The molecule has 10 heterocycles. The van der Waals surface area contributed by atoms with Gasteiger partial charge in [-0.2, -0.15) is 0 Å². The van der Waals surface area contributed by atoms with Crippen molar-refractivity contribution in [2.24, 2.45) is 4.99 Å². The Morgan fingerprint density at radius 2 is 0.848 bits per heavy atom. The third kappa shape index (κ3) is 21.1. The van der Waals surface area contributed by atoms with Crippen LogP contribution in [-0.4, -0.2) is 244 Å². The number of hydrogen-bond donors (Lipinski definition) is 3. The van der Waals surface area contributed by atoms with Gasteiger partial charge in [0.15, 0.2) is 58.5 Å². The van der Waals surface area contributed by atoms with Gasteiger partial charge in [0.25, 0.3) is 35.0 Å². The van der Waals surface area contributed by atoms with E-state index in [2.05, 4.69) is 41.3 Å². The third-order valence-electron chi connectivity index (χ3n) is 22.3. The number of benzene rings is 4. The SMILES string of the molecule is C=C1C[C@H]2C=Nc3cc(OCCCCCOc4cc5c(cc4OC)C(=O)N4CC(=C)C[C@H]4[C@H](O)N5C(=O)OCC[C@@H](C)SSc4ccc([N+](=O)[O-])cn4)c(OC)cc3C(=O)N2C1.C=C1C[C@H]2[C@H](O)Cc3cc(OCCCCCOc4cc5c(cc4OC)C(=O)N4CC(=C)C[C@H]4[C@H](O)N5C(=O)OCC[C@@H](C)SSc4ccc([N+](=O)[O-])cn4)c(OC)cc3C(=O)N2C1. The molecule has 0 saturated carbocycles. The highest BCUT2D eigenvalue weighted by molar-refractivity contribution is 8.77. The topological polar surface area (TPSA) is 399 Å². The van der Waals surface area contributed by atoms with Crippen molar-refractivity contribution in [3.8, 4) is 46.0 Å². The average molecular weight is 1800 g/mol. The molecule has 0 radical (unpaired) electrons. The van der Waals surface area contributed by atoms with Crippen LogP contribution in [0.1, 0.15) is 138 Å². The van der Waals surface area contributed by atoms with Crippen LogP contribution in [0.25, 0.3) is 0 Å². The number of ether oxygens (including phenoxy) is 10. The van der Waals surface area contributed by atoms with E-state index in [0.717, 1.165) is 38.5 Å². The van der Waals surface area contributed by atoms with Crippen molar-refractivity contribution >= 4 is 114 Å². The lowest BCUT2D eigenvalue weighted by atomic mass is 9.98. The fraction of sp³-hybridized carbons (Fsp3) is 0.437. The van der Waals surface area contributed by atoms with Crippen molar-refractivity contribution in [1.82, 2.24) is 29.6 Å². The predicted molar refractivity (Wildman–Crippen MR) is 470 cm³/mol. The van der Waals surface area contributed by atoms with Crippen molar-refractivity contribution in [3.63, 3.8) is 0 Å². The molecule has 4 fully saturated rings. The van der Waals surface area contributed by atoms with Crippen LogP contribution in [0.5, 0.6) is 46.0 Å². The van der Waals surface area contributed by atoms with Crippen molar-refractivity contribution in [1.29, 1.82) is 0 Å². The first kappa shape index (κ1) is 91.4. The Kier molecular flexibility index (Phi) is 30.1. The second kappa shape index (κ2) is 41.2. The predicted octanol–water partition coefficient (Wildman–Crippen LogP) is 14.0. The number of fused-ring (bicyclic) bond motifs is 8. The highest BCUT2D eigenvalue weighted by Gasteiger charge is 2.49. The van der Waals surface area contributed by atoms with E-state index < -0.39 is 58.6 Å². The van der Waals surface area contributed by atoms with Crippen LogP contribution < -0.4 is 47.7 Å². The number of rotatable bonds is 34. The van der Waals surface area contributed by atoms with Gasteiger partial charge in [0, 0.05) is 85.2 Å². The third-order valence-corrected chi connectivity index (χ3v) is 28.0. The molecule has 0 bridgehead atoms. The number of carbonyl (C=O) groups excluding carboxylic acids is 6. The van der Waals surface area contributed by atoms with Crippen LogP contribution in [-0.2, 0) is 15.9 Å². The lowest BCUT2D eigenvalue weighted by molar-refractivity contribution is -0.385. The molecule has 0 unspecified atom stereocenters. The molecule has 6 amide bonds. The largest absolute Gasteiger partial charge is 0.493 e. The monoisotopic (exact) mass is 1790 g/mol. The van der Waals surface area contributed by atoms with Crippen LogP contribution in [0.15, 0.2) is 149 Å². The van der Waals surface area contributed by atoms with Gasteiger partial charge in [0.1, 0.15) is 22.4 Å². The maximum Gasteiger partial charge on any atom is 0.416 e. The van der Waals surface area contributed by atoms with Gasteiger partial charge in [0.05, 0.1) is 142 Å². The molecule has 34 nitrogen and oxygen atoms in total. The number of aliphatic hydroxyl groups excluding tert-OH is 3. The molecule has 2 aromatic heterocycles. The van der Waals surface area contributed by atoms with E-state index in [9.17, 15) is 64.3 Å². The van der Waals surface area contributed by atoms with Crippen molar-refractivity contribution in [2.45, 2.75) is 161 Å². The molecule has 4 aromatic carbocycles. The molecule has 14 rings (SSSR count). The van der Waals surface area contributed by atoms with E-state index in [-0.39, 0.29) is 137 Å². The van der Waals surface area contributed by atoms with E-state index in [0.29, 0.717) is 159 Å². The summed E-state index contributed by atoms with van der Waals surface area (Å²) >= 11 is 0. The lowest BCUT2D eigenvalue weighted by Gasteiger charge is -2.31. The van der Waals surface area contributed by atoms with Crippen molar-refractivity contribution in [3.05, 3.63) is 182 Å². The molecule has 3 N–H and O–H groups in total. The number of anilines is 2. The lowest BCUT2D eigenvalue weighted by Crippen LogP contribution is -2.51.